The molecule has 0 bridgehead atoms. The first-order valence-electron chi connectivity index (χ1n) is 21.1. The van der Waals surface area contributed by atoms with Gasteiger partial charge in [-0.15, -0.1) is 0 Å². The van der Waals surface area contributed by atoms with Gasteiger partial charge in [0.1, 0.15) is 12.1 Å². The van der Waals surface area contributed by atoms with Crippen molar-refractivity contribution in [2.24, 2.45) is 0 Å². The quantitative estimate of drug-likeness (QED) is 0.0282. The normalized spacial score (nSPS) is 12.5. The van der Waals surface area contributed by atoms with Crippen molar-refractivity contribution < 1.29 is 34.1 Å². The van der Waals surface area contributed by atoms with Crippen molar-refractivity contribution in [3.63, 3.8) is 0 Å². The number of nitrogens with one attached hydrogen (secondary N) is 2. The summed E-state index contributed by atoms with van der Waals surface area (Å²) in [7, 11) is 0. The summed E-state index contributed by atoms with van der Waals surface area (Å²) >= 11 is 0. The molecule has 51 heavy (non-hydrogen) atoms. The van der Waals surface area contributed by atoms with E-state index < -0.39 is 24.5 Å². The second kappa shape index (κ2) is 37.3. The maximum atomic E-state index is 12.7. The average Bonchev–Trinajstić information content (AvgIpc) is 3.11. The number of carboxylic acid groups (broad SMARTS) is 1. The molecule has 0 aliphatic rings. The highest BCUT2D eigenvalue weighted by atomic mass is 16.5. The van der Waals surface area contributed by atoms with Crippen molar-refractivity contribution in [1.29, 1.82) is 0 Å². The summed E-state index contributed by atoms with van der Waals surface area (Å²) in [6, 6.07) is -1.39. The molecule has 9 nitrogen and oxygen atoms in total. The fraction of sp³-hybridized carbons (Fsp3) is 0.857. The molecule has 0 aliphatic carbocycles. The molecule has 0 aromatic rings. The van der Waals surface area contributed by atoms with Gasteiger partial charge >= 0.3 is 11.9 Å². The van der Waals surface area contributed by atoms with Gasteiger partial charge in [0, 0.05) is 12.8 Å². The molecule has 298 valence electrons. The Kier molecular flexibility index (Phi) is 35.6. The zero-order valence-corrected chi connectivity index (χ0v) is 32.9. The van der Waals surface area contributed by atoms with Crippen molar-refractivity contribution in [2.45, 2.75) is 219 Å². The molecule has 2 atom stereocenters. The van der Waals surface area contributed by atoms with Gasteiger partial charge < -0.3 is 25.6 Å². The van der Waals surface area contributed by atoms with Crippen molar-refractivity contribution >= 4 is 23.8 Å². The third-order valence-electron chi connectivity index (χ3n) is 9.50. The first-order chi connectivity index (χ1) is 24.8. The topological polar surface area (TPSA) is 142 Å². The molecule has 4 N–H and O–H groups in total. The number of rotatable bonds is 38. The molecular formula is C42H78N2O7. The number of aliphatic carboxylic acids is 1. The lowest BCUT2D eigenvalue weighted by molar-refractivity contribution is -0.147. The van der Waals surface area contributed by atoms with Crippen molar-refractivity contribution in [2.75, 3.05) is 13.2 Å². The minimum Gasteiger partial charge on any atom is -0.480 e. The van der Waals surface area contributed by atoms with E-state index in [1.807, 2.05) is 0 Å². The third-order valence-corrected chi connectivity index (χ3v) is 9.50. The fourth-order valence-corrected chi connectivity index (χ4v) is 6.21. The molecule has 0 aliphatic heterocycles. The molecule has 0 spiro atoms. The minimum atomic E-state index is -1.39. The van der Waals surface area contributed by atoms with Gasteiger partial charge in [-0.25, -0.2) is 4.79 Å². The van der Waals surface area contributed by atoms with Crippen LogP contribution in [-0.2, 0) is 23.9 Å². The van der Waals surface area contributed by atoms with Crippen molar-refractivity contribution in [3.05, 3.63) is 12.2 Å². The largest absolute Gasteiger partial charge is 0.480 e. The molecular weight excluding hydrogens is 644 g/mol. The van der Waals surface area contributed by atoms with Crippen molar-refractivity contribution in [1.82, 2.24) is 10.6 Å². The van der Waals surface area contributed by atoms with Crippen LogP contribution < -0.4 is 10.6 Å². The maximum Gasteiger partial charge on any atom is 0.328 e. The van der Waals surface area contributed by atoms with E-state index in [4.69, 9.17) is 14.9 Å². The van der Waals surface area contributed by atoms with Gasteiger partial charge in [-0.05, 0) is 44.6 Å². The smallest absolute Gasteiger partial charge is 0.328 e. The van der Waals surface area contributed by atoms with Crippen LogP contribution in [0.25, 0.3) is 0 Å². The first kappa shape index (κ1) is 48.6. The highest BCUT2D eigenvalue weighted by Crippen LogP contribution is 2.16. The summed E-state index contributed by atoms with van der Waals surface area (Å²) < 4.78 is 5.88. The number of hydrogen-bond acceptors (Lipinski definition) is 6. The summed E-state index contributed by atoms with van der Waals surface area (Å²) in [5.41, 5.74) is 0. The standard InChI is InChI=1S/C42H78N2O7/c1-3-5-7-9-11-12-13-14-15-16-17-18-19-20-21-22-24-30-34-41(48)51-37(31-27-23-10-8-6-4-2)32-28-25-26-29-33-39(46)43-35-40(47)44-38(36-45)42(49)50/h27,31,37-38,45H,3-26,28-30,32-36H2,1-2H3,(H,43,46)(H,44,47)(H,49,50)/b31-27-. The number of allylic oxidation sites excluding steroid dienone is 1. The molecule has 0 fully saturated rings. The van der Waals surface area contributed by atoms with E-state index in [2.05, 4.69) is 36.6 Å². The van der Waals surface area contributed by atoms with Crippen LogP contribution in [-0.4, -0.2) is 59.3 Å². The predicted octanol–water partition coefficient (Wildman–Crippen LogP) is 9.88. The Hall–Kier alpha value is -2.42. The monoisotopic (exact) mass is 723 g/mol. The van der Waals surface area contributed by atoms with Gasteiger partial charge in [0.2, 0.25) is 11.8 Å². The van der Waals surface area contributed by atoms with Crippen LogP contribution in [0.4, 0.5) is 0 Å². The Labute approximate surface area is 311 Å². The Balaban J connectivity index is 4.08. The maximum absolute atomic E-state index is 12.7. The molecule has 2 unspecified atom stereocenters. The summed E-state index contributed by atoms with van der Waals surface area (Å²) in [5, 5.41) is 22.5. The predicted molar refractivity (Wildman–Crippen MR) is 209 cm³/mol. The Morgan fingerprint density at radius 2 is 1.04 bits per heavy atom. The number of carboxylic acids is 1. The second-order valence-corrected chi connectivity index (χ2v) is 14.4. The highest BCUT2D eigenvalue weighted by Gasteiger charge is 2.18. The number of hydrogen-bond donors (Lipinski definition) is 4. The molecule has 0 radical (unpaired) electrons. The summed E-state index contributed by atoms with van der Waals surface area (Å²) in [6.45, 7) is 3.43. The van der Waals surface area contributed by atoms with E-state index in [0.29, 0.717) is 12.8 Å². The first-order valence-corrected chi connectivity index (χ1v) is 21.1. The van der Waals surface area contributed by atoms with Crippen molar-refractivity contribution in [3.8, 4) is 0 Å². The molecule has 9 heteroatoms. The van der Waals surface area contributed by atoms with Crippen LogP contribution in [0.2, 0.25) is 0 Å². The number of esters is 1. The molecule has 0 aromatic carbocycles. The van der Waals surface area contributed by atoms with E-state index in [1.54, 1.807) is 0 Å². The number of carbonyl (C=O) groups is 4. The van der Waals surface area contributed by atoms with Gasteiger partial charge in [0.25, 0.3) is 0 Å². The zero-order chi connectivity index (χ0) is 37.6. The number of aliphatic hydroxyl groups excluding tert-OH is 1. The molecule has 2 amide bonds. The zero-order valence-electron chi connectivity index (χ0n) is 32.9. The van der Waals surface area contributed by atoms with Crippen LogP contribution in [0.1, 0.15) is 206 Å². The van der Waals surface area contributed by atoms with Crippen LogP contribution in [0.5, 0.6) is 0 Å². The van der Waals surface area contributed by atoms with Gasteiger partial charge in [0.15, 0.2) is 0 Å². The third kappa shape index (κ3) is 34.4. The van der Waals surface area contributed by atoms with Gasteiger partial charge in [-0.2, -0.15) is 0 Å². The molecule has 0 rings (SSSR count). The summed E-state index contributed by atoms with van der Waals surface area (Å²) in [4.78, 5) is 47.4. The van der Waals surface area contributed by atoms with Crippen LogP contribution in [0.15, 0.2) is 12.2 Å². The number of aliphatic hydroxyl groups is 1. The van der Waals surface area contributed by atoms with Gasteiger partial charge in [-0.3, -0.25) is 14.4 Å². The Morgan fingerprint density at radius 3 is 1.53 bits per heavy atom. The Bertz CT molecular complexity index is 879. The Morgan fingerprint density at radius 1 is 0.588 bits per heavy atom. The highest BCUT2D eigenvalue weighted by molar-refractivity contribution is 5.87. The van der Waals surface area contributed by atoms with E-state index in [-0.39, 0.29) is 30.9 Å². The SMILES string of the molecule is CCCCCC/C=C\C(CCCCCCC(=O)NCC(=O)NC(CO)C(=O)O)OC(=O)CCCCCCCCCCCCCCCCCCCC. The van der Waals surface area contributed by atoms with Crippen LogP contribution >= 0.6 is 0 Å². The van der Waals surface area contributed by atoms with E-state index in [9.17, 15) is 19.2 Å². The summed E-state index contributed by atoms with van der Waals surface area (Å²) in [5.74, 6) is -2.39. The lowest BCUT2D eigenvalue weighted by Crippen LogP contribution is -2.47. The minimum absolute atomic E-state index is 0.110. The lowest BCUT2D eigenvalue weighted by Gasteiger charge is -2.15. The lowest BCUT2D eigenvalue weighted by atomic mass is 10.0. The summed E-state index contributed by atoms with van der Waals surface area (Å²) in [6.07, 6.45) is 38.4. The number of amides is 2. The fourth-order valence-electron chi connectivity index (χ4n) is 6.21. The number of carbonyl (C=O) groups excluding carboxylic acids is 3. The second-order valence-electron chi connectivity index (χ2n) is 14.4. The number of ether oxygens (including phenoxy) is 1. The van der Waals surface area contributed by atoms with Gasteiger partial charge in [-0.1, -0.05) is 161 Å². The molecule has 0 heterocycles. The molecule has 0 aromatic heterocycles. The average molecular weight is 723 g/mol. The van der Waals surface area contributed by atoms with E-state index >= 15 is 0 Å². The van der Waals surface area contributed by atoms with Crippen LogP contribution in [0, 0.1) is 0 Å². The van der Waals surface area contributed by atoms with Crippen LogP contribution in [0.3, 0.4) is 0 Å². The molecule has 0 saturated heterocycles. The van der Waals surface area contributed by atoms with E-state index in [1.165, 1.54) is 122 Å². The van der Waals surface area contributed by atoms with E-state index in [0.717, 1.165) is 51.4 Å². The molecule has 0 saturated carbocycles. The van der Waals surface area contributed by atoms with Gasteiger partial charge in [0.05, 0.1) is 13.2 Å². The number of unbranched alkanes of at least 4 members (excludes halogenated alkanes) is 24.